The molecule has 1 atom stereocenters. The van der Waals surface area contributed by atoms with Crippen LogP contribution in [-0.4, -0.2) is 38.3 Å². The van der Waals surface area contributed by atoms with Crippen LogP contribution in [0.2, 0.25) is 0 Å². The first-order valence-electron chi connectivity index (χ1n) is 9.29. The molecule has 1 aliphatic rings. The van der Waals surface area contributed by atoms with Crippen molar-refractivity contribution in [2.45, 2.75) is 57.3 Å². The summed E-state index contributed by atoms with van der Waals surface area (Å²) in [6.07, 6.45) is 5.93. The number of sulfonamides is 1. The van der Waals surface area contributed by atoms with Gasteiger partial charge in [0.2, 0.25) is 15.9 Å². The van der Waals surface area contributed by atoms with E-state index in [1.165, 1.54) is 17.1 Å². The maximum absolute atomic E-state index is 12.8. The summed E-state index contributed by atoms with van der Waals surface area (Å²) in [7, 11) is -3.52. The van der Waals surface area contributed by atoms with Crippen LogP contribution in [-0.2, 0) is 14.8 Å². The molecule has 0 saturated carbocycles. The van der Waals surface area contributed by atoms with Crippen molar-refractivity contribution in [1.82, 2.24) is 9.62 Å². The topological polar surface area (TPSA) is 66.5 Å². The number of piperidine rings is 1. The summed E-state index contributed by atoms with van der Waals surface area (Å²) < 4.78 is 27.0. The zero-order valence-electron chi connectivity index (χ0n) is 15.3. The van der Waals surface area contributed by atoms with Gasteiger partial charge in [0.25, 0.3) is 0 Å². The van der Waals surface area contributed by atoms with Gasteiger partial charge in [-0.25, -0.2) is 8.42 Å². The SMILES string of the molecule is CCCCCCNC(=O)[C@@H]1CCCN(S(=O)(=O)c2ccc(C)cc2)C1. The number of unbranched alkanes of at least 4 members (excludes halogenated alkanes) is 3. The molecular weight excluding hydrogens is 336 g/mol. The second-order valence-corrected chi connectivity index (χ2v) is 8.80. The Hall–Kier alpha value is -1.40. The fourth-order valence-corrected chi connectivity index (χ4v) is 4.67. The molecule has 1 aromatic carbocycles. The molecule has 0 radical (unpaired) electrons. The molecule has 1 heterocycles. The van der Waals surface area contributed by atoms with E-state index in [0.717, 1.165) is 31.2 Å². The van der Waals surface area contributed by atoms with Gasteiger partial charge in [-0.2, -0.15) is 4.31 Å². The van der Waals surface area contributed by atoms with Crippen molar-refractivity contribution in [2.75, 3.05) is 19.6 Å². The number of hydrogen-bond donors (Lipinski definition) is 1. The molecule has 1 aromatic rings. The standard InChI is InChI=1S/C19H30N2O3S/c1-3-4-5-6-13-20-19(22)17-8-7-14-21(15-17)25(23,24)18-11-9-16(2)10-12-18/h9-12,17H,3-8,13-15H2,1-2H3,(H,20,22)/t17-/m1/s1. The van der Waals surface area contributed by atoms with Gasteiger partial charge in [-0.15, -0.1) is 0 Å². The molecular formula is C19H30N2O3S. The second-order valence-electron chi connectivity index (χ2n) is 6.87. The van der Waals surface area contributed by atoms with E-state index in [1.54, 1.807) is 24.3 Å². The van der Waals surface area contributed by atoms with Gasteiger partial charge in [0.1, 0.15) is 0 Å². The van der Waals surface area contributed by atoms with Crippen LogP contribution in [0, 0.1) is 12.8 Å². The first-order chi connectivity index (χ1) is 11.9. The number of carbonyl (C=O) groups excluding carboxylic acids is 1. The molecule has 1 fully saturated rings. The van der Waals surface area contributed by atoms with Crippen molar-refractivity contribution in [1.29, 1.82) is 0 Å². The molecule has 1 N–H and O–H groups in total. The summed E-state index contributed by atoms with van der Waals surface area (Å²) in [6.45, 7) is 5.52. The van der Waals surface area contributed by atoms with Crippen LogP contribution in [0.15, 0.2) is 29.2 Å². The Morgan fingerprint density at radius 1 is 1.20 bits per heavy atom. The van der Waals surface area contributed by atoms with Crippen molar-refractivity contribution in [3.8, 4) is 0 Å². The van der Waals surface area contributed by atoms with Crippen molar-refractivity contribution < 1.29 is 13.2 Å². The minimum atomic E-state index is -3.52. The Morgan fingerprint density at radius 3 is 2.60 bits per heavy atom. The van der Waals surface area contributed by atoms with Crippen LogP contribution in [0.25, 0.3) is 0 Å². The molecule has 0 aromatic heterocycles. The van der Waals surface area contributed by atoms with Crippen molar-refractivity contribution in [3.63, 3.8) is 0 Å². The molecule has 0 aliphatic carbocycles. The molecule has 0 bridgehead atoms. The molecule has 1 saturated heterocycles. The summed E-state index contributed by atoms with van der Waals surface area (Å²) in [4.78, 5) is 12.7. The summed E-state index contributed by atoms with van der Waals surface area (Å²) in [5, 5.41) is 2.97. The highest BCUT2D eigenvalue weighted by Crippen LogP contribution is 2.24. The van der Waals surface area contributed by atoms with Crippen molar-refractivity contribution in [3.05, 3.63) is 29.8 Å². The second kappa shape index (κ2) is 9.34. The van der Waals surface area contributed by atoms with Gasteiger partial charge in [-0.05, 0) is 38.3 Å². The number of benzene rings is 1. The summed E-state index contributed by atoms with van der Waals surface area (Å²) >= 11 is 0. The third-order valence-corrected chi connectivity index (χ3v) is 6.62. The lowest BCUT2D eigenvalue weighted by atomic mass is 9.99. The quantitative estimate of drug-likeness (QED) is 0.719. The Balaban J connectivity index is 1.93. The minimum absolute atomic E-state index is 0.0136. The number of aryl methyl sites for hydroxylation is 1. The molecule has 2 rings (SSSR count). The highest BCUT2D eigenvalue weighted by Gasteiger charge is 2.33. The van der Waals surface area contributed by atoms with E-state index in [2.05, 4.69) is 12.2 Å². The van der Waals surface area contributed by atoms with E-state index in [4.69, 9.17) is 0 Å². The van der Waals surface area contributed by atoms with Crippen LogP contribution in [0.4, 0.5) is 0 Å². The monoisotopic (exact) mass is 366 g/mol. The van der Waals surface area contributed by atoms with Crippen LogP contribution >= 0.6 is 0 Å². The predicted octanol–water partition coefficient (Wildman–Crippen LogP) is 3.09. The van der Waals surface area contributed by atoms with E-state index < -0.39 is 10.0 Å². The van der Waals surface area contributed by atoms with Crippen LogP contribution in [0.1, 0.15) is 51.0 Å². The van der Waals surface area contributed by atoms with E-state index in [9.17, 15) is 13.2 Å². The Bertz CT molecular complexity index is 656. The highest BCUT2D eigenvalue weighted by molar-refractivity contribution is 7.89. The average Bonchev–Trinajstić information content (AvgIpc) is 2.62. The van der Waals surface area contributed by atoms with Gasteiger partial charge in [0, 0.05) is 19.6 Å². The Morgan fingerprint density at radius 2 is 1.92 bits per heavy atom. The molecule has 6 heteroatoms. The summed E-state index contributed by atoms with van der Waals surface area (Å²) in [6, 6.07) is 6.89. The smallest absolute Gasteiger partial charge is 0.243 e. The highest BCUT2D eigenvalue weighted by atomic mass is 32.2. The van der Waals surface area contributed by atoms with Gasteiger partial charge in [0.05, 0.1) is 10.8 Å². The fourth-order valence-electron chi connectivity index (χ4n) is 3.14. The minimum Gasteiger partial charge on any atom is -0.356 e. The van der Waals surface area contributed by atoms with Gasteiger partial charge < -0.3 is 5.32 Å². The average molecular weight is 367 g/mol. The first-order valence-corrected chi connectivity index (χ1v) is 10.7. The summed E-state index contributed by atoms with van der Waals surface area (Å²) in [5.41, 5.74) is 1.03. The molecule has 1 amide bonds. The van der Waals surface area contributed by atoms with Gasteiger partial charge in [0.15, 0.2) is 0 Å². The Labute approximate surface area is 151 Å². The van der Waals surface area contributed by atoms with Crippen LogP contribution in [0.5, 0.6) is 0 Å². The van der Waals surface area contributed by atoms with Crippen LogP contribution < -0.4 is 5.32 Å². The molecule has 0 spiro atoms. The molecule has 25 heavy (non-hydrogen) atoms. The Kier molecular flexibility index (Phi) is 7.44. The number of nitrogens with one attached hydrogen (secondary N) is 1. The fraction of sp³-hybridized carbons (Fsp3) is 0.632. The predicted molar refractivity (Wildman–Crippen MR) is 99.8 cm³/mol. The lowest BCUT2D eigenvalue weighted by Crippen LogP contribution is -2.45. The van der Waals surface area contributed by atoms with E-state index >= 15 is 0 Å². The number of nitrogens with zero attached hydrogens (tertiary/aromatic N) is 1. The molecule has 1 aliphatic heterocycles. The third-order valence-electron chi connectivity index (χ3n) is 4.74. The lowest BCUT2D eigenvalue weighted by molar-refractivity contribution is -0.126. The molecule has 5 nitrogen and oxygen atoms in total. The third kappa shape index (κ3) is 5.54. The zero-order chi connectivity index (χ0) is 18.3. The van der Waals surface area contributed by atoms with Gasteiger partial charge >= 0.3 is 0 Å². The van der Waals surface area contributed by atoms with Gasteiger partial charge in [-0.1, -0.05) is 43.9 Å². The maximum Gasteiger partial charge on any atom is 0.243 e. The van der Waals surface area contributed by atoms with Gasteiger partial charge in [-0.3, -0.25) is 4.79 Å². The molecule has 0 unspecified atom stereocenters. The number of rotatable bonds is 8. The van der Waals surface area contributed by atoms with Crippen LogP contribution in [0.3, 0.4) is 0 Å². The van der Waals surface area contributed by atoms with Crippen molar-refractivity contribution >= 4 is 15.9 Å². The van der Waals surface area contributed by atoms with E-state index in [1.807, 2.05) is 6.92 Å². The first kappa shape index (κ1) is 19.9. The number of amides is 1. The van der Waals surface area contributed by atoms with E-state index in [-0.39, 0.29) is 18.4 Å². The van der Waals surface area contributed by atoms with Crippen molar-refractivity contribution in [2.24, 2.45) is 5.92 Å². The lowest BCUT2D eigenvalue weighted by Gasteiger charge is -2.31. The normalized spacial score (nSPS) is 18.9. The number of carbonyl (C=O) groups is 1. The number of hydrogen-bond acceptors (Lipinski definition) is 3. The maximum atomic E-state index is 12.8. The molecule has 140 valence electrons. The van der Waals surface area contributed by atoms with E-state index in [0.29, 0.717) is 18.0 Å². The summed E-state index contributed by atoms with van der Waals surface area (Å²) in [5.74, 6) is -0.263. The largest absolute Gasteiger partial charge is 0.356 e. The zero-order valence-corrected chi connectivity index (χ0v) is 16.1.